The van der Waals surface area contributed by atoms with Crippen LogP contribution in [0.4, 0.5) is 11.4 Å². The topological polar surface area (TPSA) is 73.6 Å². The fraction of sp³-hybridized carbons (Fsp3) is 0.350. The quantitative estimate of drug-likeness (QED) is 0.675. The van der Waals surface area contributed by atoms with Gasteiger partial charge in [-0.3, -0.25) is 4.79 Å². The zero-order chi connectivity index (χ0) is 18.1. The SMILES string of the molecule is CCCOc1ccc(NC(=O)Cc2cccc(N)c2)cc1OCCC. The summed E-state index contributed by atoms with van der Waals surface area (Å²) in [6.07, 6.45) is 2.09. The van der Waals surface area contributed by atoms with Gasteiger partial charge in [0.05, 0.1) is 19.6 Å². The van der Waals surface area contributed by atoms with E-state index in [0.29, 0.717) is 36.1 Å². The Kier molecular flexibility index (Phi) is 7.14. The van der Waals surface area contributed by atoms with Crippen molar-refractivity contribution >= 4 is 17.3 Å². The number of rotatable bonds is 9. The molecule has 25 heavy (non-hydrogen) atoms. The van der Waals surface area contributed by atoms with Crippen LogP contribution in [0.5, 0.6) is 11.5 Å². The maximum absolute atomic E-state index is 12.3. The van der Waals surface area contributed by atoms with Crippen LogP contribution < -0.4 is 20.5 Å². The Morgan fingerprint density at radius 1 is 1.00 bits per heavy atom. The highest BCUT2D eigenvalue weighted by atomic mass is 16.5. The number of anilines is 2. The van der Waals surface area contributed by atoms with Gasteiger partial charge in [-0.25, -0.2) is 0 Å². The van der Waals surface area contributed by atoms with Gasteiger partial charge in [0.25, 0.3) is 0 Å². The zero-order valence-electron chi connectivity index (χ0n) is 14.9. The van der Waals surface area contributed by atoms with Gasteiger partial charge in [-0.1, -0.05) is 26.0 Å². The fourth-order valence-corrected chi connectivity index (χ4v) is 2.34. The highest BCUT2D eigenvalue weighted by molar-refractivity contribution is 5.92. The van der Waals surface area contributed by atoms with Crippen molar-refractivity contribution < 1.29 is 14.3 Å². The van der Waals surface area contributed by atoms with Gasteiger partial charge in [0, 0.05) is 17.4 Å². The average Bonchev–Trinajstić information content (AvgIpc) is 2.59. The molecule has 134 valence electrons. The van der Waals surface area contributed by atoms with Crippen molar-refractivity contribution in [3.8, 4) is 11.5 Å². The highest BCUT2D eigenvalue weighted by Crippen LogP contribution is 2.31. The van der Waals surface area contributed by atoms with E-state index in [1.54, 1.807) is 18.2 Å². The Bertz CT molecular complexity index is 701. The van der Waals surface area contributed by atoms with Crippen molar-refractivity contribution in [3.05, 3.63) is 48.0 Å². The summed E-state index contributed by atoms with van der Waals surface area (Å²) in [6, 6.07) is 12.8. The van der Waals surface area contributed by atoms with Crippen LogP contribution in [0.2, 0.25) is 0 Å². The molecule has 0 spiro atoms. The van der Waals surface area contributed by atoms with E-state index in [4.69, 9.17) is 15.2 Å². The summed E-state index contributed by atoms with van der Waals surface area (Å²) in [7, 11) is 0. The lowest BCUT2D eigenvalue weighted by atomic mass is 10.1. The number of hydrogen-bond donors (Lipinski definition) is 2. The number of hydrogen-bond acceptors (Lipinski definition) is 4. The van der Waals surface area contributed by atoms with Gasteiger partial charge in [-0.2, -0.15) is 0 Å². The maximum atomic E-state index is 12.3. The highest BCUT2D eigenvalue weighted by Gasteiger charge is 2.10. The Morgan fingerprint density at radius 2 is 1.72 bits per heavy atom. The molecule has 0 fully saturated rings. The minimum atomic E-state index is -0.103. The molecule has 0 saturated carbocycles. The summed E-state index contributed by atoms with van der Waals surface area (Å²) in [5, 5.41) is 2.89. The molecule has 0 radical (unpaired) electrons. The molecule has 0 aliphatic carbocycles. The molecule has 2 rings (SSSR count). The molecular weight excluding hydrogens is 316 g/mol. The third kappa shape index (κ3) is 6.03. The summed E-state index contributed by atoms with van der Waals surface area (Å²) < 4.78 is 11.4. The van der Waals surface area contributed by atoms with Gasteiger partial charge in [-0.05, 0) is 42.7 Å². The van der Waals surface area contributed by atoms with E-state index in [1.807, 2.05) is 31.2 Å². The fourth-order valence-electron chi connectivity index (χ4n) is 2.34. The molecule has 0 saturated heterocycles. The molecule has 2 aromatic rings. The van der Waals surface area contributed by atoms with Crippen LogP contribution in [0.3, 0.4) is 0 Å². The van der Waals surface area contributed by atoms with Gasteiger partial charge in [-0.15, -0.1) is 0 Å². The van der Waals surface area contributed by atoms with Gasteiger partial charge < -0.3 is 20.5 Å². The summed E-state index contributed by atoms with van der Waals surface area (Å²) in [5.41, 5.74) is 7.96. The first-order valence-corrected chi connectivity index (χ1v) is 8.66. The van der Waals surface area contributed by atoms with E-state index >= 15 is 0 Å². The summed E-state index contributed by atoms with van der Waals surface area (Å²) in [6.45, 7) is 5.33. The van der Waals surface area contributed by atoms with Crippen molar-refractivity contribution in [1.82, 2.24) is 0 Å². The van der Waals surface area contributed by atoms with Gasteiger partial charge in [0.15, 0.2) is 11.5 Å². The molecule has 2 aromatic carbocycles. The van der Waals surface area contributed by atoms with Crippen LogP contribution in [-0.4, -0.2) is 19.1 Å². The number of ether oxygens (including phenoxy) is 2. The Morgan fingerprint density at radius 3 is 2.40 bits per heavy atom. The first kappa shape index (κ1) is 18.6. The smallest absolute Gasteiger partial charge is 0.228 e. The first-order chi connectivity index (χ1) is 12.1. The van der Waals surface area contributed by atoms with Crippen LogP contribution in [0, 0.1) is 0 Å². The maximum Gasteiger partial charge on any atom is 0.228 e. The summed E-state index contributed by atoms with van der Waals surface area (Å²) in [5.74, 6) is 1.25. The van der Waals surface area contributed by atoms with E-state index < -0.39 is 0 Å². The number of nitrogens with two attached hydrogens (primary N) is 1. The average molecular weight is 342 g/mol. The molecule has 0 aliphatic rings. The van der Waals surface area contributed by atoms with E-state index in [2.05, 4.69) is 12.2 Å². The van der Waals surface area contributed by atoms with Crippen molar-refractivity contribution in [1.29, 1.82) is 0 Å². The molecule has 0 atom stereocenters. The molecular formula is C20H26N2O3. The molecule has 1 amide bonds. The number of carbonyl (C=O) groups excluding carboxylic acids is 1. The Hall–Kier alpha value is -2.69. The van der Waals surface area contributed by atoms with E-state index in [9.17, 15) is 4.79 Å². The predicted molar refractivity (Wildman–Crippen MR) is 101 cm³/mol. The van der Waals surface area contributed by atoms with E-state index in [1.165, 1.54) is 0 Å². The van der Waals surface area contributed by atoms with Crippen LogP contribution in [0.1, 0.15) is 32.3 Å². The second kappa shape index (κ2) is 9.57. The molecule has 0 heterocycles. The zero-order valence-corrected chi connectivity index (χ0v) is 14.9. The normalized spacial score (nSPS) is 10.3. The summed E-state index contributed by atoms with van der Waals surface area (Å²) in [4.78, 5) is 12.3. The minimum absolute atomic E-state index is 0.103. The van der Waals surface area contributed by atoms with Crippen molar-refractivity contribution in [3.63, 3.8) is 0 Å². The van der Waals surface area contributed by atoms with Crippen molar-refractivity contribution in [2.24, 2.45) is 0 Å². The number of nitrogens with one attached hydrogen (secondary N) is 1. The predicted octanol–water partition coefficient (Wildman–Crippen LogP) is 4.03. The van der Waals surface area contributed by atoms with Gasteiger partial charge in [0.2, 0.25) is 5.91 Å². The lowest BCUT2D eigenvalue weighted by molar-refractivity contribution is -0.115. The second-order valence-electron chi connectivity index (χ2n) is 5.83. The molecule has 5 heteroatoms. The molecule has 5 nitrogen and oxygen atoms in total. The lowest BCUT2D eigenvalue weighted by Gasteiger charge is -2.14. The molecule has 0 unspecified atom stereocenters. The first-order valence-electron chi connectivity index (χ1n) is 8.66. The number of nitrogen functional groups attached to an aromatic ring is 1. The lowest BCUT2D eigenvalue weighted by Crippen LogP contribution is -2.14. The number of benzene rings is 2. The number of amides is 1. The van der Waals surface area contributed by atoms with Gasteiger partial charge in [0.1, 0.15) is 0 Å². The summed E-state index contributed by atoms with van der Waals surface area (Å²) >= 11 is 0. The second-order valence-corrected chi connectivity index (χ2v) is 5.83. The van der Waals surface area contributed by atoms with Crippen LogP contribution in [-0.2, 0) is 11.2 Å². The van der Waals surface area contributed by atoms with Crippen LogP contribution in [0.25, 0.3) is 0 Å². The van der Waals surface area contributed by atoms with E-state index in [-0.39, 0.29) is 12.3 Å². The molecule has 0 aromatic heterocycles. The van der Waals surface area contributed by atoms with Crippen LogP contribution >= 0.6 is 0 Å². The van der Waals surface area contributed by atoms with Gasteiger partial charge >= 0.3 is 0 Å². The minimum Gasteiger partial charge on any atom is -0.490 e. The van der Waals surface area contributed by atoms with E-state index in [0.717, 1.165) is 18.4 Å². The standard InChI is InChI=1S/C20H26N2O3/c1-3-10-24-18-9-8-17(14-19(18)25-11-4-2)22-20(23)13-15-6-5-7-16(21)12-15/h5-9,12,14H,3-4,10-11,13,21H2,1-2H3,(H,22,23). The molecule has 3 N–H and O–H groups in total. The van der Waals surface area contributed by atoms with Crippen molar-refractivity contribution in [2.75, 3.05) is 24.3 Å². The Labute approximate surface area is 149 Å². The largest absolute Gasteiger partial charge is 0.490 e. The Balaban J connectivity index is 2.05. The third-order valence-electron chi connectivity index (χ3n) is 3.47. The van der Waals surface area contributed by atoms with Crippen LogP contribution in [0.15, 0.2) is 42.5 Å². The third-order valence-corrected chi connectivity index (χ3v) is 3.47. The number of carbonyl (C=O) groups is 1. The molecule has 0 bridgehead atoms. The monoisotopic (exact) mass is 342 g/mol. The van der Waals surface area contributed by atoms with Crippen molar-refractivity contribution in [2.45, 2.75) is 33.1 Å². The molecule has 0 aliphatic heterocycles.